The predicted molar refractivity (Wildman–Crippen MR) is 163 cm³/mol. The molecular formula is C30H27FN8O3S. The Bertz CT molecular complexity index is 2120. The fraction of sp³-hybridized carbons (Fsp3) is 0.167. The van der Waals surface area contributed by atoms with E-state index in [1.54, 1.807) is 30.9 Å². The van der Waals surface area contributed by atoms with Crippen molar-refractivity contribution in [1.82, 2.24) is 34.9 Å². The molecule has 11 nitrogen and oxygen atoms in total. The highest BCUT2D eigenvalue weighted by molar-refractivity contribution is 7.88. The number of pyridine rings is 3. The largest absolute Gasteiger partial charge is 0.353 e. The molecule has 6 rings (SSSR count). The summed E-state index contributed by atoms with van der Waals surface area (Å²) in [7, 11) is -3.45. The van der Waals surface area contributed by atoms with Crippen LogP contribution >= 0.6 is 0 Å². The average molecular weight is 599 g/mol. The van der Waals surface area contributed by atoms with Gasteiger partial charge in [-0.2, -0.15) is 5.10 Å². The van der Waals surface area contributed by atoms with E-state index in [0.717, 1.165) is 39.4 Å². The van der Waals surface area contributed by atoms with Crippen LogP contribution in [0.3, 0.4) is 0 Å². The van der Waals surface area contributed by atoms with Crippen molar-refractivity contribution in [3.05, 3.63) is 78.6 Å². The molecule has 0 atom stereocenters. The monoisotopic (exact) mass is 598 g/mol. The highest BCUT2D eigenvalue weighted by atomic mass is 32.2. The first-order valence-corrected chi connectivity index (χ1v) is 15.3. The molecule has 1 amide bonds. The van der Waals surface area contributed by atoms with E-state index < -0.39 is 15.8 Å². The Balaban J connectivity index is 1.38. The van der Waals surface area contributed by atoms with Crippen molar-refractivity contribution in [1.29, 1.82) is 0 Å². The molecule has 4 N–H and O–H groups in total. The van der Waals surface area contributed by atoms with Gasteiger partial charge in [-0.05, 0) is 48.0 Å². The summed E-state index contributed by atoms with van der Waals surface area (Å²) in [6.07, 6.45) is 7.67. The first-order valence-electron chi connectivity index (χ1n) is 13.4. The number of carbonyl (C=O) groups excluding carboxylic acids is 1. The lowest BCUT2D eigenvalue weighted by Crippen LogP contribution is -2.21. The first kappa shape index (κ1) is 28.1. The second-order valence-electron chi connectivity index (χ2n) is 10.5. The van der Waals surface area contributed by atoms with Gasteiger partial charge in [-0.15, -0.1) is 0 Å². The van der Waals surface area contributed by atoms with Gasteiger partial charge in [0.15, 0.2) is 5.65 Å². The van der Waals surface area contributed by atoms with Gasteiger partial charge >= 0.3 is 0 Å². The van der Waals surface area contributed by atoms with Crippen LogP contribution in [0.1, 0.15) is 19.4 Å². The molecule has 0 saturated heterocycles. The van der Waals surface area contributed by atoms with Crippen molar-refractivity contribution in [2.24, 2.45) is 5.92 Å². The van der Waals surface area contributed by atoms with Crippen molar-refractivity contribution in [3.8, 4) is 33.8 Å². The zero-order valence-electron chi connectivity index (χ0n) is 23.4. The van der Waals surface area contributed by atoms with E-state index in [4.69, 9.17) is 0 Å². The third-order valence-corrected chi connectivity index (χ3v) is 7.53. The zero-order chi connectivity index (χ0) is 30.3. The molecule has 0 bridgehead atoms. The Kier molecular flexibility index (Phi) is 7.20. The number of hydrogen-bond acceptors (Lipinski definition) is 7. The molecule has 1 aromatic carbocycles. The van der Waals surface area contributed by atoms with Crippen LogP contribution in [0.2, 0.25) is 0 Å². The second kappa shape index (κ2) is 11.0. The molecule has 0 unspecified atom stereocenters. The lowest BCUT2D eigenvalue weighted by molar-refractivity contribution is -0.118. The number of aromatic nitrogens is 6. The maximum atomic E-state index is 14.6. The number of rotatable bonds is 8. The number of nitrogens with zero attached hydrogens (tertiary/aromatic N) is 4. The number of hydrogen-bond donors (Lipinski definition) is 4. The van der Waals surface area contributed by atoms with Gasteiger partial charge in [0, 0.05) is 64.0 Å². The summed E-state index contributed by atoms with van der Waals surface area (Å²) in [5, 5.41) is 11.8. The van der Waals surface area contributed by atoms with Crippen LogP contribution in [0, 0.1) is 11.7 Å². The van der Waals surface area contributed by atoms with Crippen LogP contribution in [0.4, 0.5) is 10.1 Å². The van der Waals surface area contributed by atoms with E-state index in [0.29, 0.717) is 33.8 Å². The molecule has 5 aromatic heterocycles. The highest BCUT2D eigenvalue weighted by Gasteiger charge is 2.17. The maximum Gasteiger partial charge on any atom is 0.226 e. The summed E-state index contributed by atoms with van der Waals surface area (Å²) < 4.78 is 40.1. The normalized spacial score (nSPS) is 11.9. The molecule has 6 aromatic rings. The summed E-state index contributed by atoms with van der Waals surface area (Å²) in [6.45, 7) is 3.60. The minimum atomic E-state index is -3.45. The summed E-state index contributed by atoms with van der Waals surface area (Å²) >= 11 is 0. The molecule has 5 heterocycles. The van der Waals surface area contributed by atoms with Crippen molar-refractivity contribution in [2.45, 2.75) is 20.4 Å². The topological polar surface area (TPSA) is 158 Å². The third-order valence-electron chi connectivity index (χ3n) is 6.86. The van der Waals surface area contributed by atoms with Crippen molar-refractivity contribution in [3.63, 3.8) is 0 Å². The molecule has 218 valence electrons. The molecule has 0 radical (unpaired) electrons. The smallest absolute Gasteiger partial charge is 0.226 e. The standard InChI is InChI=1S/C30H27FN8O3S/c1-16(2)30(40)36-22-9-19(13-32-15-22)20-10-24-28(38-39-29(24)34-14-20)26-11-23-25(37-26)4-5-33-27(23)18-6-17(7-21(31)8-18)12-35-43(3,41)42/h4-11,13-16,35,37H,12H2,1-3H3,(H,36,40)(H,34,38,39). The van der Waals surface area contributed by atoms with Gasteiger partial charge in [0.2, 0.25) is 15.9 Å². The van der Waals surface area contributed by atoms with Crippen LogP contribution < -0.4 is 10.0 Å². The molecule has 13 heteroatoms. The van der Waals surface area contributed by atoms with Gasteiger partial charge < -0.3 is 10.3 Å². The first-order chi connectivity index (χ1) is 20.5. The molecular weight excluding hydrogens is 571 g/mol. The quantitative estimate of drug-likeness (QED) is 0.192. The SMILES string of the molecule is CC(C)C(=O)Nc1cncc(-c2cnc3n[nH]c(-c4cc5c(-c6cc(F)cc(CNS(C)(=O)=O)c6)nccc5[nH]4)c3c2)c1. The molecule has 0 spiro atoms. The van der Waals surface area contributed by atoms with Crippen molar-refractivity contribution >= 4 is 43.6 Å². The minimum Gasteiger partial charge on any atom is -0.353 e. The minimum absolute atomic E-state index is 0.0457. The van der Waals surface area contributed by atoms with Crippen molar-refractivity contribution < 1.29 is 17.6 Å². The number of anilines is 1. The number of fused-ring (bicyclic) bond motifs is 2. The van der Waals surface area contributed by atoms with Crippen LogP contribution in [0.5, 0.6) is 0 Å². The number of aromatic amines is 2. The second-order valence-corrected chi connectivity index (χ2v) is 12.4. The van der Waals surface area contributed by atoms with Gasteiger partial charge in [0.25, 0.3) is 0 Å². The van der Waals surface area contributed by atoms with Crippen molar-refractivity contribution in [2.75, 3.05) is 11.6 Å². The Morgan fingerprint density at radius 2 is 1.79 bits per heavy atom. The Labute approximate surface area is 246 Å². The Morgan fingerprint density at radius 1 is 0.977 bits per heavy atom. The van der Waals surface area contributed by atoms with E-state index in [9.17, 15) is 17.6 Å². The molecule has 0 aliphatic rings. The summed E-state index contributed by atoms with van der Waals surface area (Å²) in [6, 6.07) is 11.9. The molecule has 0 fully saturated rings. The van der Waals surface area contributed by atoms with Crippen LogP contribution in [-0.4, -0.2) is 50.7 Å². The maximum absolute atomic E-state index is 14.6. The number of H-pyrrole nitrogens is 2. The Hall–Kier alpha value is -5.01. The summed E-state index contributed by atoms with van der Waals surface area (Å²) in [4.78, 5) is 28.9. The number of benzene rings is 1. The molecule has 0 saturated carbocycles. The highest BCUT2D eigenvalue weighted by Crippen LogP contribution is 2.34. The van der Waals surface area contributed by atoms with E-state index in [1.165, 1.54) is 12.1 Å². The lowest BCUT2D eigenvalue weighted by Gasteiger charge is -2.09. The van der Waals surface area contributed by atoms with Crippen LogP contribution in [0.15, 0.2) is 67.3 Å². The number of sulfonamides is 1. The Morgan fingerprint density at radius 3 is 2.58 bits per heavy atom. The fourth-order valence-corrected chi connectivity index (χ4v) is 5.17. The van der Waals surface area contributed by atoms with Gasteiger partial charge in [0.05, 0.1) is 35.2 Å². The number of nitrogens with one attached hydrogen (secondary N) is 4. The number of halogens is 1. The molecule has 0 aliphatic heterocycles. The molecule has 0 aliphatic carbocycles. The van der Waals surface area contributed by atoms with Gasteiger partial charge in [-0.1, -0.05) is 13.8 Å². The predicted octanol–water partition coefficient (Wildman–Crippen LogP) is 5.01. The van der Waals surface area contributed by atoms with Gasteiger partial charge in [-0.25, -0.2) is 22.5 Å². The van der Waals surface area contributed by atoms with Crippen LogP contribution in [-0.2, 0) is 21.4 Å². The number of carbonyl (C=O) groups is 1. The summed E-state index contributed by atoms with van der Waals surface area (Å²) in [5.74, 6) is -0.766. The van der Waals surface area contributed by atoms with Gasteiger partial charge in [0.1, 0.15) is 5.82 Å². The van der Waals surface area contributed by atoms with E-state index in [2.05, 4.69) is 40.2 Å². The lowest BCUT2D eigenvalue weighted by atomic mass is 10.0. The zero-order valence-corrected chi connectivity index (χ0v) is 24.3. The summed E-state index contributed by atoms with van der Waals surface area (Å²) in [5.41, 5.74) is 6.37. The van der Waals surface area contributed by atoms with Gasteiger partial charge in [-0.3, -0.25) is 19.9 Å². The van der Waals surface area contributed by atoms with Crippen LogP contribution in [0.25, 0.3) is 55.7 Å². The average Bonchev–Trinajstić information content (AvgIpc) is 3.59. The fourth-order valence-electron chi connectivity index (χ4n) is 4.74. The molecule has 43 heavy (non-hydrogen) atoms. The third kappa shape index (κ3) is 5.98. The van der Waals surface area contributed by atoms with E-state index in [-0.39, 0.29) is 18.4 Å². The number of amides is 1. The van der Waals surface area contributed by atoms with E-state index >= 15 is 0 Å². The van der Waals surface area contributed by atoms with E-state index in [1.807, 2.05) is 38.1 Å².